The molecule has 1 amide bonds. The van der Waals surface area contributed by atoms with Gasteiger partial charge in [-0.25, -0.2) is 4.79 Å². The van der Waals surface area contributed by atoms with Gasteiger partial charge in [0.1, 0.15) is 6.61 Å². The van der Waals surface area contributed by atoms with Gasteiger partial charge < -0.3 is 19.5 Å². The first-order chi connectivity index (χ1) is 12.0. The molecular formula is C17H13Cl2NO5. The maximum absolute atomic E-state index is 12.0. The van der Waals surface area contributed by atoms with Gasteiger partial charge in [0, 0.05) is 5.02 Å². The summed E-state index contributed by atoms with van der Waals surface area (Å²) in [6.45, 7) is -0.459. The number of hydrogen-bond donors (Lipinski definition) is 1. The Kier molecular flexibility index (Phi) is 5.31. The minimum Gasteiger partial charge on any atom is -0.485 e. The van der Waals surface area contributed by atoms with Gasteiger partial charge in [0.15, 0.2) is 18.1 Å². The third-order valence-corrected chi connectivity index (χ3v) is 3.87. The summed E-state index contributed by atoms with van der Waals surface area (Å²) >= 11 is 11.7. The molecule has 1 unspecified atom stereocenters. The second kappa shape index (κ2) is 7.63. The zero-order valence-electron chi connectivity index (χ0n) is 12.8. The standard InChI is InChI=1S/C17H13Cl2NO5/c18-10-5-6-12(11(19)7-10)20-16(21)9-24-17(22)15-8-23-13-3-1-2-4-14(13)25-15/h1-7,15H,8-9H2,(H,20,21). The third kappa shape index (κ3) is 4.35. The number of carbonyl (C=O) groups excluding carboxylic acids is 2. The molecule has 0 aliphatic carbocycles. The van der Waals surface area contributed by atoms with Gasteiger partial charge in [-0.1, -0.05) is 35.3 Å². The molecule has 1 aliphatic heterocycles. The second-order valence-electron chi connectivity index (χ2n) is 5.14. The van der Waals surface area contributed by atoms with Crippen LogP contribution in [0.15, 0.2) is 42.5 Å². The molecule has 2 aromatic carbocycles. The smallest absolute Gasteiger partial charge is 0.351 e. The van der Waals surface area contributed by atoms with Crippen LogP contribution in [0.1, 0.15) is 0 Å². The van der Waals surface area contributed by atoms with Crippen LogP contribution in [0, 0.1) is 0 Å². The number of fused-ring (bicyclic) bond motifs is 1. The van der Waals surface area contributed by atoms with E-state index >= 15 is 0 Å². The van der Waals surface area contributed by atoms with Gasteiger partial charge in [0.2, 0.25) is 6.10 Å². The number of para-hydroxylation sites is 2. The van der Waals surface area contributed by atoms with Crippen LogP contribution in [0.25, 0.3) is 0 Å². The quantitative estimate of drug-likeness (QED) is 0.822. The molecule has 0 bridgehead atoms. The van der Waals surface area contributed by atoms with Crippen LogP contribution in [0.4, 0.5) is 5.69 Å². The third-order valence-electron chi connectivity index (χ3n) is 3.32. The second-order valence-corrected chi connectivity index (χ2v) is 5.99. The fourth-order valence-corrected chi connectivity index (χ4v) is 2.60. The van der Waals surface area contributed by atoms with E-state index in [1.165, 1.54) is 6.07 Å². The summed E-state index contributed by atoms with van der Waals surface area (Å²) < 4.78 is 15.9. The van der Waals surface area contributed by atoms with Crippen molar-refractivity contribution in [3.63, 3.8) is 0 Å². The zero-order valence-corrected chi connectivity index (χ0v) is 14.3. The highest BCUT2D eigenvalue weighted by atomic mass is 35.5. The lowest BCUT2D eigenvalue weighted by molar-refractivity contribution is -0.156. The lowest BCUT2D eigenvalue weighted by Gasteiger charge is -2.24. The van der Waals surface area contributed by atoms with E-state index < -0.39 is 24.6 Å². The number of amides is 1. The van der Waals surface area contributed by atoms with Crippen molar-refractivity contribution < 1.29 is 23.8 Å². The fourth-order valence-electron chi connectivity index (χ4n) is 2.14. The predicted octanol–water partition coefficient (Wildman–Crippen LogP) is 3.32. The summed E-state index contributed by atoms with van der Waals surface area (Å²) in [6, 6.07) is 11.6. The average molecular weight is 382 g/mol. The summed E-state index contributed by atoms with van der Waals surface area (Å²) in [7, 11) is 0. The lowest BCUT2D eigenvalue weighted by atomic mass is 10.2. The Bertz CT molecular complexity index is 811. The molecule has 1 aliphatic rings. The van der Waals surface area contributed by atoms with Gasteiger partial charge in [0.05, 0.1) is 10.7 Å². The highest BCUT2D eigenvalue weighted by molar-refractivity contribution is 6.36. The zero-order chi connectivity index (χ0) is 17.8. The van der Waals surface area contributed by atoms with Gasteiger partial charge >= 0.3 is 5.97 Å². The number of hydrogen-bond acceptors (Lipinski definition) is 5. The Morgan fingerprint density at radius 2 is 1.92 bits per heavy atom. The van der Waals surface area contributed by atoms with Crippen LogP contribution in [0.3, 0.4) is 0 Å². The minimum absolute atomic E-state index is 0.0144. The van der Waals surface area contributed by atoms with Crippen molar-refractivity contribution in [3.8, 4) is 11.5 Å². The Hall–Kier alpha value is -2.44. The summed E-state index contributed by atoms with van der Waals surface area (Å²) in [5, 5.41) is 3.27. The normalized spacial score (nSPS) is 15.4. The van der Waals surface area contributed by atoms with Gasteiger partial charge in [-0.2, -0.15) is 0 Å². The lowest BCUT2D eigenvalue weighted by Crippen LogP contribution is -2.39. The molecule has 1 atom stereocenters. The van der Waals surface area contributed by atoms with E-state index in [4.69, 9.17) is 37.4 Å². The van der Waals surface area contributed by atoms with Crippen LogP contribution in [-0.2, 0) is 14.3 Å². The molecule has 25 heavy (non-hydrogen) atoms. The first-order valence-electron chi connectivity index (χ1n) is 7.33. The van der Waals surface area contributed by atoms with Crippen molar-refractivity contribution in [2.75, 3.05) is 18.5 Å². The molecule has 6 nitrogen and oxygen atoms in total. The van der Waals surface area contributed by atoms with Gasteiger partial charge in [-0.3, -0.25) is 4.79 Å². The van der Waals surface area contributed by atoms with Crippen molar-refractivity contribution in [1.29, 1.82) is 0 Å². The molecule has 0 spiro atoms. The summed E-state index contributed by atoms with van der Waals surface area (Å²) in [5.74, 6) is -0.212. The Morgan fingerprint density at radius 1 is 1.16 bits per heavy atom. The maximum Gasteiger partial charge on any atom is 0.351 e. The summed E-state index contributed by atoms with van der Waals surface area (Å²) in [4.78, 5) is 23.9. The predicted molar refractivity (Wildman–Crippen MR) is 92.4 cm³/mol. The first-order valence-corrected chi connectivity index (χ1v) is 8.08. The van der Waals surface area contributed by atoms with Crippen LogP contribution in [-0.4, -0.2) is 31.2 Å². The van der Waals surface area contributed by atoms with E-state index in [-0.39, 0.29) is 11.6 Å². The molecule has 2 aromatic rings. The molecule has 0 saturated heterocycles. The number of anilines is 1. The molecule has 0 fully saturated rings. The Morgan fingerprint density at radius 3 is 2.68 bits per heavy atom. The van der Waals surface area contributed by atoms with E-state index in [1.54, 1.807) is 36.4 Å². The summed E-state index contributed by atoms with van der Waals surface area (Å²) in [6.07, 6.45) is -0.929. The molecule has 0 aromatic heterocycles. The van der Waals surface area contributed by atoms with E-state index in [1.807, 2.05) is 0 Å². The van der Waals surface area contributed by atoms with Crippen LogP contribution >= 0.6 is 23.2 Å². The van der Waals surface area contributed by atoms with Crippen molar-refractivity contribution in [3.05, 3.63) is 52.5 Å². The van der Waals surface area contributed by atoms with Crippen LogP contribution in [0.5, 0.6) is 11.5 Å². The molecule has 3 rings (SSSR count). The maximum atomic E-state index is 12.0. The molecule has 0 saturated carbocycles. The highest BCUT2D eigenvalue weighted by Gasteiger charge is 2.29. The van der Waals surface area contributed by atoms with Gasteiger partial charge in [-0.15, -0.1) is 0 Å². The Labute approximate surface area is 153 Å². The Balaban J connectivity index is 1.51. The van der Waals surface area contributed by atoms with Crippen molar-refractivity contribution >= 4 is 40.8 Å². The van der Waals surface area contributed by atoms with Gasteiger partial charge in [-0.05, 0) is 30.3 Å². The number of rotatable bonds is 4. The van der Waals surface area contributed by atoms with Gasteiger partial charge in [0.25, 0.3) is 5.91 Å². The fraction of sp³-hybridized carbons (Fsp3) is 0.176. The largest absolute Gasteiger partial charge is 0.485 e. The molecule has 8 heteroatoms. The van der Waals surface area contributed by atoms with Crippen LogP contribution in [0.2, 0.25) is 10.0 Å². The van der Waals surface area contributed by atoms with E-state index in [9.17, 15) is 9.59 Å². The van der Waals surface area contributed by atoms with E-state index in [2.05, 4.69) is 5.32 Å². The van der Waals surface area contributed by atoms with E-state index in [0.29, 0.717) is 22.2 Å². The number of halogens is 2. The van der Waals surface area contributed by atoms with E-state index in [0.717, 1.165) is 0 Å². The number of ether oxygens (including phenoxy) is 3. The molecule has 130 valence electrons. The average Bonchev–Trinajstić information content (AvgIpc) is 2.61. The highest BCUT2D eigenvalue weighted by Crippen LogP contribution is 2.31. The molecule has 1 N–H and O–H groups in total. The first kappa shape index (κ1) is 17.4. The molecular weight excluding hydrogens is 369 g/mol. The number of carbonyl (C=O) groups is 2. The van der Waals surface area contributed by atoms with Crippen molar-refractivity contribution in [2.24, 2.45) is 0 Å². The number of nitrogens with one attached hydrogen (secondary N) is 1. The molecule has 1 heterocycles. The minimum atomic E-state index is -0.929. The van der Waals surface area contributed by atoms with Crippen molar-refractivity contribution in [2.45, 2.75) is 6.10 Å². The van der Waals surface area contributed by atoms with Crippen molar-refractivity contribution in [1.82, 2.24) is 0 Å². The number of esters is 1. The SMILES string of the molecule is O=C(COC(=O)C1COc2ccccc2O1)Nc1ccc(Cl)cc1Cl. The number of benzene rings is 2. The monoisotopic (exact) mass is 381 g/mol. The topological polar surface area (TPSA) is 73.9 Å². The molecule has 0 radical (unpaired) electrons. The summed E-state index contributed by atoms with van der Waals surface area (Å²) in [5.41, 5.74) is 0.373. The van der Waals surface area contributed by atoms with Crippen LogP contribution < -0.4 is 14.8 Å².